The van der Waals surface area contributed by atoms with Gasteiger partial charge in [-0.15, -0.1) is 0 Å². The second kappa shape index (κ2) is 6.04. The number of nitrogens with one attached hydrogen (secondary N) is 1. The highest BCUT2D eigenvalue weighted by molar-refractivity contribution is 14.1. The molecule has 1 amide bonds. The monoisotopic (exact) mass is 449 g/mol. The highest BCUT2D eigenvalue weighted by atomic mass is 127. The number of benzene rings is 2. The summed E-state index contributed by atoms with van der Waals surface area (Å²) in [5.41, 5.74) is 2.02. The number of rotatable bonds is 2. The number of hydrogen-bond acceptors (Lipinski definition) is 4. The summed E-state index contributed by atoms with van der Waals surface area (Å²) in [5, 5.41) is 3.54. The van der Waals surface area contributed by atoms with Crippen molar-refractivity contribution in [3.8, 4) is 0 Å². The molecule has 0 aliphatic heterocycles. The zero-order valence-electron chi connectivity index (χ0n) is 10.2. The Labute approximate surface area is 147 Å². The molecule has 0 aliphatic carbocycles. The molecule has 1 heterocycles. The smallest absolute Gasteiger partial charge is 0.256 e. The largest absolute Gasteiger partial charge is 0.319 e. The summed E-state index contributed by atoms with van der Waals surface area (Å²) in [4.78, 5) is 12.4. The second-order valence-corrected chi connectivity index (χ2v) is 6.62. The quantitative estimate of drug-likeness (QED) is 0.568. The predicted molar refractivity (Wildman–Crippen MR) is 94.5 cm³/mol. The highest BCUT2D eigenvalue weighted by Gasteiger charge is 2.17. The van der Waals surface area contributed by atoms with Crippen LogP contribution in [0.4, 0.5) is 5.69 Å². The average molecular weight is 450 g/mol. The molecule has 0 saturated carbocycles. The van der Waals surface area contributed by atoms with Crippen LogP contribution in [-0.4, -0.2) is 14.7 Å². The first-order valence-corrected chi connectivity index (χ1v) is 8.30. The van der Waals surface area contributed by atoms with Gasteiger partial charge in [0.15, 0.2) is 0 Å². The van der Waals surface area contributed by atoms with Crippen molar-refractivity contribution in [1.29, 1.82) is 0 Å². The normalized spacial score (nSPS) is 10.8. The molecule has 4 nitrogen and oxygen atoms in total. The van der Waals surface area contributed by atoms with Gasteiger partial charge in [-0.25, -0.2) is 0 Å². The Morgan fingerprint density at radius 2 is 1.86 bits per heavy atom. The van der Waals surface area contributed by atoms with Gasteiger partial charge in [-0.1, -0.05) is 35.3 Å². The van der Waals surface area contributed by atoms with E-state index in [0.29, 0.717) is 32.3 Å². The van der Waals surface area contributed by atoms with E-state index < -0.39 is 0 Å². The Hall–Kier alpha value is -0.960. The molecule has 0 bridgehead atoms. The first-order valence-electron chi connectivity index (χ1n) is 5.74. The molecule has 2 aromatic carbocycles. The van der Waals surface area contributed by atoms with E-state index in [0.717, 1.165) is 15.3 Å². The van der Waals surface area contributed by atoms with Crippen LogP contribution in [-0.2, 0) is 0 Å². The Balaban J connectivity index is 2.05. The Morgan fingerprint density at radius 1 is 1.14 bits per heavy atom. The number of anilines is 1. The number of carbonyl (C=O) groups excluding carboxylic acids is 1. The fourth-order valence-electron chi connectivity index (χ4n) is 1.82. The minimum Gasteiger partial charge on any atom is -0.319 e. The lowest BCUT2D eigenvalue weighted by Gasteiger charge is -2.09. The van der Waals surface area contributed by atoms with Gasteiger partial charge in [-0.2, -0.15) is 8.75 Å². The predicted octanol–water partition coefficient (Wildman–Crippen LogP) is 4.86. The van der Waals surface area contributed by atoms with E-state index in [9.17, 15) is 4.79 Å². The number of aromatic nitrogens is 2. The first-order chi connectivity index (χ1) is 10.1. The van der Waals surface area contributed by atoms with Gasteiger partial charge in [0.2, 0.25) is 0 Å². The van der Waals surface area contributed by atoms with Crippen LogP contribution in [0.15, 0.2) is 30.3 Å². The topological polar surface area (TPSA) is 54.9 Å². The van der Waals surface area contributed by atoms with E-state index in [2.05, 4.69) is 36.7 Å². The van der Waals surface area contributed by atoms with Gasteiger partial charge in [0.05, 0.1) is 33.0 Å². The van der Waals surface area contributed by atoms with Crippen molar-refractivity contribution < 1.29 is 4.79 Å². The van der Waals surface area contributed by atoms with E-state index in [-0.39, 0.29) is 5.91 Å². The summed E-state index contributed by atoms with van der Waals surface area (Å²) in [5.74, 6) is -0.251. The van der Waals surface area contributed by atoms with Crippen molar-refractivity contribution in [2.75, 3.05) is 5.32 Å². The number of amides is 1. The maximum absolute atomic E-state index is 12.4. The van der Waals surface area contributed by atoms with Crippen molar-refractivity contribution in [1.82, 2.24) is 8.75 Å². The summed E-state index contributed by atoms with van der Waals surface area (Å²) in [6, 6.07) is 8.84. The summed E-state index contributed by atoms with van der Waals surface area (Å²) >= 11 is 15.4. The van der Waals surface area contributed by atoms with E-state index in [1.165, 1.54) is 0 Å². The van der Waals surface area contributed by atoms with Gasteiger partial charge < -0.3 is 5.32 Å². The SMILES string of the molecule is O=C(Nc1c(Cl)cc(Cl)c2nsnc12)c1ccccc1I. The standard InChI is InChI=1S/C13H6Cl2IN3OS/c14-7-5-8(15)11-12(19-21-18-11)10(7)17-13(20)6-3-1-2-4-9(6)16/h1-5H,(H,17,20). The van der Waals surface area contributed by atoms with Crippen molar-refractivity contribution in [2.45, 2.75) is 0 Å². The number of fused-ring (bicyclic) bond motifs is 1. The van der Waals surface area contributed by atoms with E-state index in [4.69, 9.17) is 23.2 Å². The Morgan fingerprint density at radius 3 is 2.62 bits per heavy atom. The first kappa shape index (κ1) is 15.0. The molecule has 0 saturated heterocycles. The van der Waals surface area contributed by atoms with Crippen LogP contribution >= 0.6 is 57.5 Å². The highest BCUT2D eigenvalue weighted by Crippen LogP contribution is 2.35. The van der Waals surface area contributed by atoms with Crippen LogP contribution < -0.4 is 5.32 Å². The van der Waals surface area contributed by atoms with Crippen molar-refractivity contribution in [3.63, 3.8) is 0 Å². The van der Waals surface area contributed by atoms with Crippen LogP contribution in [0.3, 0.4) is 0 Å². The van der Waals surface area contributed by atoms with Gasteiger partial charge in [-0.3, -0.25) is 4.79 Å². The molecule has 0 fully saturated rings. The minimum atomic E-state index is -0.251. The molecule has 1 aromatic heterocycles. The molecule has 0 spiro atoms. The third-order valence-electron chi connectivity index (χ3n) is 2.80. The summed E-state index contributed by atoms with van der Waals surface area (Å²) < 4.78 is 9.11. The molecule has 0 unspecified atom stereocenters. The fraction of sp³-hybridized carbons (Fsp3) is 0. The Bertz CT molecular complexity index is 853. The summed E-state index contributed by atoms with van der Waals surface area (Å²) in [6.07, 6.45) is 0. The van der Waals surface area contributed by atoms with Gasteiger partial charge >= 0.3 is 0 Å². The van der Waals surface area contributed by atoms with Crippen LogP contribution in [0.25, 0.3) is 11.0 Å². The number of carbonyl (C=O) groups is 1. The van der Waals surface area contributed by atoms with Crippen LogP contribution in [0, 0.1) is 3.57 Å². The minimum absolute atomic E-state index is 0.251. The fourth-order valence-corrected chi connectivity index (χ4v) is 3.61. The zero-order valence-corrected chi connectivity index (χ0v) is 14.7. The van der Waals surface area contributed by atoms with Crippen LogP contribution in [0.2, 0.25) is 10.0 Å². The molecule has 0 aliphatic rings. The van der Waals surface area contributed by atoms with Gasteiger partial charge in [-0.05, 0) is 40.8 Å². The van der Waals surface area contributed by atoms with Crippen molar-refractivity contribution in [3.05, 3.63) is 49.5 Å². The molecule has 0 atom stereocenters. The number of halogens is 3. The third kappa shape index (κ3) is 2.85. The van der Waals surface area contributed by atoms with Crippen LogP contribution in [0.5, 0.6) is 0 Å². The molecule has 1 N–H and O–H groups in total. The van der Waals surface area contributed by atoms with Gasteiger partial charge in [0, 0.05) is 3.57 Å². The average Bonchev–Trinajstić information content (AvgIpc) is 2.93. The molecule has 8 heteroatoms. The van der Waals surface area contributed by atoms with Gasteiger partial charge in [0.1, 0.15) is 11.0 Å². The molecule has 21 heavy (non-hydrogen) atoms. The van der Waals surface area contributed by atoms with Crippen LogP contribution in [0.1, 0.15) is 10.4 Å². The molecule has 3 rings (SSSR count). The lowest BCUT2D eigenvalue weighted by atomic mass is 10.2. The maximum atomic E-state index is 12.4. The number of nitrogens with zero attached hydrogens (tertiary/aromatic N) is 2. The molecular weight excluding hydrogens is 444 g/mol. The second-order valence-electron chi connectivity index (χ2n) is 4.11. The maximum Gasteiger partial charge on any atom is 0.256 e. The van der Waals surface area contributed by atoms with Crippen molar-refractivity contribution >= 4 is 80.1 Å². The third-order valence-corrected chi connectivity index (χ3v) is 4.86. The molecular formula is C13H6Cl2IN3OS. The zero-order chi connectivity index (χ0) is 15.0. The molecule has 3 aromatic rings. The lowest BCUT2D eigenvalue weighted by molar-refractivity contribution is 0.102. The van der Waals surface area contributed by atoms with Gasteiger partial charge in [0.25, 0.3) is 5.91 Å². The number of hydrogen-bond donors (Lipinski definition) is 1. The van der Waals surface area contributed by atoms with Crippen molar-refractivity contribution in [2.24, 2.45) is 0 Å². The van der Waals surface area contributed by atoms with E-state index >= 15 is 0 Å². The van der Waals surface area contributed by atoms with E-state index in [1.54, 1.807) is 18.2 Å². The molecule has 106 valence electrons. The summed E-state index contributed by atoms with van der Waals surface area (Å²) in [6.45, 7) is 0. The lowest BCUT2D eigenvalue weighted by Crippen LogP contribution is -2.14. The van der Waals surface area contributed by atoms with E-state index in [1.807, 2.05) is 12.1 Å². The Kier molecular flexibility index (Phi) is 4.30. The summed E-state index contributed by atoms with van der Waals surface area (Å²) in [7, 11) is 0. The molecule has 0 radical (unpaired) electrons.